The van der Waals surface area contributed by atoms with E-state index in [2.05, 4.69) is 10.6 Å². The molecule has 3 aromatic carbocycles. The molecular formula is C26H25N5O5. The van der Waals surface area contributed by atoms with Crippen molar-refractivity contribution in [2.75, 3.05) is 6.54 Å². The molecule has 0 bridgehead atoms. The van der Waals surface area contributed by atoms with Crippen LogP contribution < -0.4 is 16.4 Å². The van der Waals surface area contributed by atoms with Crippen LogP contribution in [0.15, 0.2) is 66.7 Å². The summed E-state index contributed by atoms with van der Waals surface area (Å²) in [6.45, 7) is 0.948. The van der Waals surface area contributed by atoms with Crippen LogP contribution >= 0.6 is 0 Å². The van der Waals surface area contributed by atoms with E-state index >= 15 is 0 Å². The van der Waals surface area contributed by atoms with Gasteiger partial charge in [0.1, 0.15) is 17.9 Å². The molecule has 10 nitrogen and oxygen atoms in total. The first-order valence-corrected chi connectivity index (χ1v) is 11.2. The number of hydrogen-bond acceptors (Lipinski definition) is 5. The van der Waals surface area contributed by atoms with Gasteiger partial charge in [-0.3, -0.25) is 24.7 Å². The highest BCUT2D eigenvalue weighted by molar-refractivity contribution is 6.09. The monoisotopic (exact) mass is 487 g/mol. The molecule has 1 aliphatic rings. The van der Waals surface area contributed by atoms with Crippen molar-refractivity contribution in [1.29, 1.82) is 5.41 Å². The zero-order valence-corrected chi connectivity index (χ0v) is 19.4. The molecule has 4 rings (SSSR count). The number of nitrogen functional groups attached to an aromatic ring is 1. The number of carboxylic acids is 1. The third-order valence-corrected chi connectivity index (χ3v) is 6.26. The second-order valence-electron chi connectivity index (χ2n) is 8.72. The number of carboxylic acid groups (broad SMARTS) is 1. The molecule has 1 saturated heterocycles. The number of carbonyl (C=O) groups excluding carboxylic acids is 3. The molecule has 3 aromatic rings. The van der Waals surface area contributed by atoms with Crippen molar-refractivity contribution in [1.82, 2.24) is 15.5 Å². The van der Waals surface area contributed by atoms with Crippen LogP contribution in [0.4, 0.5) is 4.79 Å². The van der Waals surface area contributed by atoms with Crippen LogP contribution in [0.2, 0.25) is 0 Å². The van der Waals surface area contributed by atoms with E-state index in [1.165, 1.54) is 6.92 Å². The van der Waals surface area contributed by atoms with Crippen molar-refractivity contribution in [3.05, 3.63) is 83.4 Å². The van der Waals surface area contributed by atoms with Crippen LogP contribution in [0.1, 0.15) is 36.1 Å². The standard InChI is InChI=1S/C26H25N5O5/c1-26(17-11-9-16(10-12-17)23(27)28)24(35)31(25(36)30-26)14-21(32)29-20(13-22(33)34)19-8-4-6-15-5-2-3-7-18(15)19/h2-12,20H,13-14H2,1H3,(H3,27,28)(H,29,32)(H,30,36)(H,33,34)/t20-,26-/m0/s1. The molecule has 0 radical (unpaired) electrons. The van der Waals surface area contributed by atoms with E-state index in [-0.39, 0.29) is 12.3 Å². The smallest absolute Gasteiger partial charge is 0.325 e. The Morgan fingerprint density at radius 2 is 1.75 bits per heavy atom. The Morgan fingerprint density at radius 3 is 2.42 bits per heavy atom. The normalized spacial score (nSPS) is 18.1. The van der Waals surface area contributed by atoms with E-state index in [0.717, 1.165) is 15.7 Å². The number of fused-ring (bicyclic) bond motifs is 1. The van der Waals surface area contributed by atoms with Gasteiger partial charge in [0.2, 0.25) is 5.91 Å². The van der Waals surface area contributed by atoms with Gasteiger partial charge < -0.3 is 21.5 Å². The minimum atomic E-state index is -1.41. The minimum absolute atomic E-state index is 0.131. The quantitative estimate of drug-likeness (QED) is 0.186. The lowest BCUT2D eigenvalue weighted by molar-refractivity contribution is -0.138. The first-order valence-electron chi connectivity index (χ1n) is 11.2. The predicted octanol–water partition coefficient (Wildman–Crippen LogP) is 2.22. The van der Waals surface area contributed by atoms with Crippen molar-refractivity contribution < 1.29 is 24.3 Å². The van der Waals surface area contributed by atoms with E-state index in [0.29, 0.717) is 16.7 Å². The molecule has 0 saturated carbocycles. The zero-order chi connectivity index (χ0) is 26.0. The average molecular weight is 488 g/mol. The number of urea groups is 1. The lowest BCUT2D eigenvalue weighted by atomic mass is 9.91. The van der Waals surface area contributed by atoms with Crippen LogP contribution in [-0.4, -0.2) is 46.2 Å². The first kappa shape index (κ1) is 24.4. The Balaban J connectivity index is 1.54. The molecule has 0 spiro atoms. The Kier molecular flexibility index (Phi) is 6.43. The summed E-state index contributed by atoms with van der Waals surface area (Å²) in [5.41, 5.74) is 5.62. The summed E-state index contributed by atoms with van der Waals surface area (Å²) in [7, 11) is 0. The van der Waals surface area contributed by atoms with Gasteiger partial charge in [-0.1, -0.05) is 66.7 Å². The van der Waals surface area contributed by atoms with Gasteiger partial charge in [-0.2, -0.15) is 0 Å². The van der Waals surface area contributed by atoms with E-state index in [9.17, 15) is 24.3 Å². The molecule has 1 fully saturated rings. The van der Waals surface area contributed by atoms with Gasteiger partial charge in [0.15, 0.2) is 0 Å². The first-order chi connectivity index (χ1) is 17.1. The summed E-state index contributed by atoms with van der Waals surface area (Å²) in [5.74, 6) is -2.54. The number of hydrogen-bond donors (Lipinski definition) is 5. The molecule has 4 amide bonds. The summed E-state index contributed by atoms with van der Waals surface area (Å²) < 4.78 is 0. The third kappa shape index (κ3) is 4.61. The lowest BCUT2D eigenvalue weighted by Gasteiger charge is -2.23. The maximum absolute atomic E-state index is 13.2. The van der Waals surface area contributed by atoms with E-state index in [4.69, 9.17) is 11.1 Å². The summed E-state index contributed by atoms with van der Waals surface area (Å²) in [6.07, 6.45) is -0.375. The van der Waals surface area contributed by atoms with E-state index in [1.807, 2.05) is 30.3 Å². The molecule has 0 aliphatic carbocycles. The second kappa shape index (κ2) is 9.49. The number of amides is 4. The molecule has 10 heteroatoms. The minimum Gasteiger partial charge on any atom is -0.481 e. The molecule has 0 unspecified atom stereocenters. The highest BCUT2D eigenvalue weighted by Crippen LogP contribution is 2.30. The molecular weight excluding hydrogens is 462 g/mol. The highest BCUT2D eigenvalue weighted by atomic mass is 16.4. The van der Waals surface area contributed by atoms with Gasteiger partial charge >= 0.3 is 12.0 Å². The van der Waals surface area contributed by atoms with Crippen LogP contribution in [-0.2, 0) is 19.9 Å². The van der Waals surface area contributed by atoms with Gasteiger partial charge in [-0.25, -0.2) is 4.79 Å². The molecule has 1 aliphatic heterocycles. The summed E-state index contributed by atoms with van der Waals surface area (Å²) in [5, 5.41) is 23.9. The fraction of sp³-hybridized carbons (Fsp3) is 0.192. The van der Waals surface area contributed by atoms with Crippen LogP contribution in [0.25, 0.3) is 10.8 Å². The Labute approximate surface area is 206 Å². The van der Waals surface area contributed by atoms with Crippen molar-refractivity contribution in [3.8, 4) is 0 Å². The van der Waals surface area contributed by atoms with Gasteiger partial charge in [0, 0.05) is 5.56 Å². The van der Waals surface area contributed by atoms with Gasteiger partial charge in [0.05, 0.1) is 12.5 Å². The summed E-state index contributed by atoms with van der Waals surface area (Å²) in [4.78, 5) is 51.2. The largest absolute Gasteiger partial charge is 0.481 e. The van der Waals surface area contributed by atoms with Gasteiger partial charge in [-0.05, 0) is 28.8 Å². The van der Waals surface area contributed by atoms with Crippen molar-refractivity contribution in [3.63, 3.8) is 0 Å². The number of aliphatic carboxylic acids is 1. The number of amidine groups is 1. The number of carbonyl (C=O) groups is 4. The highest BCUT2D eigenvalue weighted by Gasteiger charge is 2.49. The summed E-state index contributed by atoms with van der Waals surface area (Å²) >= 11 is 0. The molecule has 6 N–H and O–H groups in total. The van der Waals surface area contributed by atoms with Gasteiger partial charge in [-0.15, -0.1) is 0 Å². The predicted molar refractivity (Wildman–Crippen MR) is 132 cm³/mol. The maximum Gasteiger partial charge on any atom is 0.325 e. The van der Waals surface area contributed by atoms with E-state index < -0.39 is 41.9 Å². The Morgan fingerprint density at radius 1 is 1.08 bits per heavy atom. The molecule has 184 valence electrons. The Hall–Kier alpha value is -4.73. The summed E-state index contributed by atoms with van der Waals surface area (Å²) in [6, 6.07) is 17.5. The van der Waals surface area contributed by atoms with Crippen LogP contribution in [0, 0.1) is 5.41 Å². The number of imide groups is 1. The van der Waals surface area contributed by atoms with Crippen molar-refractivity contribution >= 4 is 40.4 Å². The molecule has 1 heterocycles. The number of benzene rings is 3. The fourth-order valence-electron chi connectivity index (χ4n) is 4.37. The average Bonchev–Trinajstić information content (AvgIpc) is 3.06. The van der Waals surface area contributed by atoms with Crippen LogP contribution in [0.3, 0.4) is 0 Å². The number of nitrogens with one attached hydrogen (secondary N) is 3. The van der Waals surface area contributed by atoms with Crippen molar-refractivity contribution in [2.45, 2.75) is 24.9 Å². The van der Waals surface area contributed by atoms with Crippen LogP contribution in [0.5, 0.6) is 0 Å². The number of nitrogens with two attached hydrogens (primary N) is 1. The number of rotatable bonds is 8. The molecule has 0 aromatic heterocycles. The number of nitrogens with zero attached hydrogens (tertiary/aromatic N) is 1. The SMILES string of the molecule is C[C@@]1(c2ccc(C(=N)N)cc2)NC(=O)N(CC(=O)N[C@@H](CC(=O)O)c2cccc3ccccc23)C1=O. The van der Waals surface area contributed by atoms with E-state index in [1.54, 1.807) is 36.4 Å². The Bertz CT molecular complexity index is 1380. The lowest BCUT2D eigenvalue weighted by Crippen LogP contribution is -2.44. The third-order valence-electron chi connectivity index (χ3n) is 6.26. The van der Waals surface area contributed by atoms with Gasteiger partial charge in [0.25, 0.3) is 5.91 Å². The molecule has 2 atom stereocenters. The zero-order valence-electron chi connectivity index (χ0n) is 19.4. The maximum atomic E-state index is 13.2. The second-order valence-corrected chi connectivity index (χ2v) is 8.72. The molecule has 36 heavy (non-hydrogen) atoms. The van der Waals surface area contributed by atoms with Crippen molar-refractivity contribution in [2.24, 2.45) is 5.73 Å². The topological polar surface area (TPSA) is 166 Å². The fourth-order valence-corrected chi connectivity index (χ4v) is 4.37.